The summed E-state index contributed by atoms with van der Waals surface area (Å²) in [4.78, 5) is 22.6. The third-order valence-electron chi connectivity index (χ3n) is 4.09. The molecule has 0 aliphatic rings. The van der Waals surface area contributed by atoms with Gasteiger partial charge in [0.2, 0.25) is 0 Å². The van der Waals surface area contributed by atoms with E-state index >= 15 is 0 Å². The molecule has 28 heavy (non-hydrogen) atoms. The number of thiocarbonyl (C=S) groups is 1. The Kier molecular flexibility index (Phi) is 6.69. The fraction of sp³-hybridized carbons (Fsp3) is 0.300. The minimum atomic E-state index is -0.471. The molecule has 2 aromatic carbocycles. The van der Waals surface area contributed by atoms with Crippen LogP contribution in [0.1, 0.15) is 31.9 Å². The average Bonchev–Trinajstić information content (AvgIpc) is 2.61. The van der Waals surface area contributed by atoms with E-state index < -0.39 is 10.8 Å². The van der Waals surface area contributed by atoms with E-state index in [0.29, 0.717) is 17.0 Å². The van der Waals surface area contributed by atoms with E-state index in [-0.39, 0.29) is 22.8 Å². The fourth-order valence-corrected chi connectivity index (χ4v) is 2.70. The van der Waals surface area contributed by atoms with Gasteiger partial charge in [-0.15, -0.1) is 0 Å². The summed E-state index contributed by atoms with van der Waals surface area (Å²) in [6.07, 6.45) is 0. The second-order valence-corrected chi connectivity index (χ2v) is 7.68. The van der Waals surface area contributed by atoms with Crippen LogP contribution in [0.15, 0.2) is 42.5 Å². The summed E-state index contributed by atoms with van der Waals surface area (Å²) in [5.74, 6) is 0.150. The van der Waals surface area contributed by atoms with Gasteiger partial charge in [-0.25, -0.2) is 0 Å². The van der Waals surface area contributed by atoms with Crippen LogP contribution in [0.25, 0.3) is 0 Å². The molecule has 0 spiro atoms. The third kappa shape index (κ3) is 5.75. The second-order valence-electron chi connectivity index (χ2n) is 7.27. The van der Waals surface area contributed by atoms with E-state index in [1.54, 1.807) is 19.1 Å². The largest absolute Gasteiger partial charge is 0.484 e. The lowest BCUT2D eigenvalue weighted by Crippen LogP contribution is -2.37. The molecular weight excluding hydrogens is 378 g/mol. The summed E-state index contributed by atoms with van der Waals surface area (Å²) in [6, 6.07) is 12.2. The summed E-state index contributed by atoms with van der Waals surface area (Å²) in [5, 5.41) is 16.3. The molecule has 2 N–H and O–H groups in total. The van der Waals surface area contributed by atoms with Crippen molar-refractivity contribution in [3.63, 3.8) is 0 Å². The predicted molar refractivity (Wildman–Crippen MR) is 113 cm³/mol. The molecule has 0 fully saturated rings. The van der Waals surface area contributed by atoms with Gasteiger partial charge in [0.15, 0.2) is 11.7 Å². The van der Waals surface area contributed by atoms with Crippen LogP contribution in [0.5, 0.6) is 5.75 Å². The van der Waals surface area contributed by atoms with Crippen LogP contribution < -0.4 is 15.4 Å². The average molecular weight is 401 g/mol. The highest BCUT2D eigenvalue weighted by molar-refractivity contribution is 7.80. The van der Waals surface area contributed by atoms with Gasteiger partial charge in [-0.05, 0) is 48.3 Å². The maximum absolute atomic E-state index is 12.0. The minimum absolute atomic E-state index is 0.0267. The van der Waals surface area contributed by atoms with Crippen molar-refractivity contribution in [1.29, 1.82) is 0 Å². The van der Waals surface area contributed by atoms with Gasteiger partial charge in [-0.2, -0.15) is 0 Å². The second kappa shape index (κ2) is 8.79. The number of carbonyl (C=O) groups excluding carboxylic acids is 1. The number of nitro benzene ring substituents is 1. The molecule has 2 aromatic rings. The van der Waals surface area contributed by atoms with E-state index in [1.807, 2.05) is 24.3 Å². The SMILES string of the molecule is Cc1c(NC(=S)NC(=O)COc2ccc(C(C)(C)C)cc2)cccc1[N+](=O)[O-]. The summed E-state index contributed by atoms with van der Waals surface area (Å²) in [6.45, 7) is 7.76. The molecule has 0 aliphatic heterocycles. The fourth-order valence-electron chi connectivity index (χ4n) is 2.47. The molecule has 0 unspecified atom stereocenters. The quantitative estimate of drug-likeness (QED) is 0.445. The summed E-state index contributed by atoms with van der Waals surface area (Å²) < 4.78 is 5.47. The van der Waals surface area contributed by atoms with Gasteiger partial charge in [0.1, 0.15) is 5.75 Å². The first-order valence-corrected chi connectivity index (χ1v) is 9.07. The van der Waals surface area contributed by atoms with Crippen molar-refractivity contribution >= 4 is 34.6 Å². The van der Waals surface area contributed by atoms with Gasteiger partial charge < -0.3 is 10.1 Å². The molecule has 0 saturated heterocycles. The van der Waals surface area contributed by atoms with Crippen molar-refractivity contribution in [2.75, 3.05) is 11.9 Å². The zero-order chi connectivity index (χ0) is 20.9. The first-order valence-electron chi connectivity index (χ1n) is 8.66. The Morgan fingerprint density at radius 3 is 2.39 bits per heavy atom. The van der Waals surface area contributed by atoms with Crippen molar-refractivity contribution in [3.05, 3.63) is 63.7 Å². The van der Waals surface area contributed by atoms with Gasteiger partial charge in [0.05, 0.1) is 16.2 Å². The number of nitro groups is 1. The van der Waals surface area contributed by atoms with Crippen LogP contribution in [0.2, 0.25) is 0 Å². The molecule has 0 saturated carbocycles. The first kappa shape index (κ1) is 21.3. The van der Waals surface area contributed by atoms with E-state index in [4.69, 9.17) is 17.0 Å². The van der Waals surface area contributed by atoms with Crippen LogP contribution in [-0.4, -0.2) is 22.5 Å². The van der Waals surface area contributed by atoms with Crippen LogP contribution in [0.3, 0.4) is 0 Å². The van der Waals surface area contributed by atoms with Gasteiger partial charge in [0.25, 0.3) is 11.6 Å². The molecule has 148 valence electrons. The number of anilines is 1. The molecular formula is C20H23N3O4S. The van der Waals surface area contributed by atoms with Crippen molar-refractivity contribution in [2.24, 2.45) is 0 Å². The third-order valence-corrected chi connectivity index (χ3v) is 4.30. The maximum atomic E-state index is 12.0. The van der Waals surface area contributed by atoms with E-state index in [0.717, 1.165) is 0 Å². The molecule has 1 amide bonds. The number of hydrogen-bond donors (Lipinski definition) is 2. The van der Waals surface area contributed by atoms with Crippen LogP contribution in [0, 0.1) is 17.0 Å². The van der Waals surface area contributed by atoms with Crippen LogP contribution in [0.4, 0.5) is 11.4 Å². The number of benzene rings is 2. The lowest BCUT2D eigenvalue weighted by Gasteiger charge is -2.19. The van der Waals surface area contributed by atoms with Gasteiger partial charge in [-0.1, -0.05) is 39.0 Å². The highest BCUT2D eigenvalue weighted by Gasteiger charge is 2.15. The number of amides is 1. The van der Waals surface area contributed by atoms with E-state index in [2.05, 4.69) is 31.4 Å². The highest BCUT2D eigenvalue weighted by Crippen LogP contribution is 2.25. The maximum Gasteiger partial charge on any atom is 0.274 e. The van der Waals surface area contributed by atoms with Gasteiger partial charge in [0, 0.05) is 6.07 Å². The molecule has 0 atom stereocenters. The summed E-state index contributed by atoms with van der Waals surface area (Å²) >= 11 is 5.10. The Hall–Kier alpha value is -3.00. The van der Waals surface area contributed by atoms with Crippen molar-refractivity contribution in [3.8, 4) is 5.75 Å². The lowest BCUT2D eigenvalue weighted by atomic mass is 9.87. The first-order chi connectivity index (χ1) is 13.1. The van der Waals surface area contributed by atoms with Crippen molar-refractivity contribution < 1.29 is 14.5 Å². The molecule has 8 heteroatoms. The minimum Gasteiger partial charge on any atom is -0.484 e. The molecule has 0 bridgehead atoms. The highest BCUT2D eigenvalue weighted by atomic mass is 32.1. The number of ether oxygens (including phenoxy) is 1. The van der Waals surface area contributed by atoms with E-state index in [1.165, 1.54) is 11.6 Å². The predicted octanol–water partition coefficient (Wildman–Crippen LogP) is 4.09. The number of rotatable bonds is 5. The number of carbonyl (C=O) groups is 1. The van der Waals surface area contributed by atoms with Gasteiger partial charge >= 0.3 is 0 Å². The monoisotopic (exact) mass is 401 g/mol. The van der Waals surface area contributed by atoms with Crippen molar-refractivity contribution in [1.82, 2.24) is 5.32 Å². The number of nitrogens with zero attached hydrogens (tertiary/aromatic N) is 1. The smallest absolute Gasteiger partial charge is 0.274 e. The Morgan fingerprint density at radius 1 is 1.18 bits per heavy atom. The number of nitrogens with one attached hydrogen (secondary N) is 2. The molecule has 7 nitrogen and oxygen atoms in total. The van der Waals surface area contributed by atoms with Gasteiger partial charge in [-0.3, -0.25) is 20.2 Å². The van der Waals surface area contributed by atoms with Crippen LogP contribution >= 0.6 is 12.2 Å². The Balaban J connectivity index is 1.89. The number of hydrogen-bond acceptors (Lipinski definition) is 5. The lowest BCUT2D eigenvalue weighted by molar-refractivity contribution is -0.385. The normalized spacial score (nSPS) is 10.9. The molecule has 2 rings (SSSR count). The molecule has 0 aliphatic carbocycles. The molecule has 0 aromatic heterocycles. The Bertz CT molecular complexity index is 889. The van der Waals surface area contributed by atoms with Crippen LogP contribution in [-0.2, 0) is 10.2 Å². The van der Waals surface area contributed by atoms with E-state index in [9.17, 15) is 14.9 Å². The Labute approximate surface area is 169 Å². The Morgan fingerprint density at radius 2 is 1.82 bits per heavy atom. The molecule has 0 heterocycles. The standard InChI is InChI=1S/C20H23N3O4S/c1-13-16(6-5-7-17(13)23(25)26)21-19(28)22-18(24)12-27-15-10-8-14(9-11-15)20(2,3)4/h5-11H,12H2,1-4H3,(H2,21,22,24,28). The molecule has 0 radical (unpaired) electrons. The van der Waals surface area contributed by atoms with Crippen molar-refractivity contribution in [2.45, 2.75) is 33.1 Å². The summed E-state index contributed by atoms with van der Waals surface area (Å²) in [7, 11) is 0. The topological polar surface area (TPSA) is 93.5 Å². The zero-order valence-electron chi connectivity index (χ0n) is 16.2. The summed E-state index contributed by atoms with van der Waals surface area (Å²) in [5.41, 5.74) is 2.07. The zero-order valence-corrected chi connectivity index (χ0v) is 17.1.